The van der Waals surface area contributed by atoms with Crippen molar-refractivity contribution in [2.75, 3.05) is 0 Å². The lowest BCUT2D eigenvalue weighted by Crippen LogP contribution is -2.25. The molecule has 1 nitrogen and oxygen atoms in total. The van der Waals surface area contributed by atoms with Crippen molar-refractivity contribution in [2.45, 2.75) is 19.5 Å². The Balaban J connectivity index is 1.40. The smallest absolute Gasteiger partial charge is 0.429 e. The van der Waals surface area contributed by atoms with Crippen LogP contribution >= 0.6 is 0 Å². The van der Waals surface area contributed by atoms with Gasteiger partial charge in [0.25, 0.3) is 0 Å². The second kappa shape index (κ2) is 12.6. The van der Waals surface area contributed by atoms with E-state index in [2.05, 4.69) is 4.74 Å². The molecule has 0 aliphatic rings. The first-order valence-corrected chi connectivity index (χ1v) is 13.4. The first-order valence-electron chi connectivity index (χ1n) is 13.4. The highest BCUT2D eigenvalue weighted by Gasteiger charge is 2.41. The van der Waals surface area contributed by atoms with Crippen molar-refractivity contribution in [1.29, 1.82) is 0 Å². The van der Waals surface area contributed by atoms with Gasteiger partial charge in [0.1, 0.15) is 34.6 Å². The molecule has 5 aromatic rings. The van der Waals surface area contributed by atoms with Crippen LogP contribution in [0.5, 0.6) is 5.75 Å². The average molecular weight is 629 g/mol. The summed E-state index contributed by atoms with van der Waals surface area (Å²) in [6.07, 6.45) is -0.0897. The van der Waals surface area contributed by atoms with Crippen LogP contribution < -0.4 is 4.74 Å². The van der Waals surface area contributed by atoms with E-state index in [1.54, 1.807) is 6.07 Å². The van der Waals surface area contributed by atoms with E-state index in [0.717, 1.165) is 29.7 Å². The molecule has 0 N–H and O–H groups in total. The van der Waals surface area contributed by atoms with Crippen LogP contribution in [0.1, 0.15) is 18.1 Å². The van der Waals surface area contributed by atoms with Crippen molar-refractivity contribution in [3.05, 3.63) is 149 Å². The predicted octanol–water partition coefficient (Wildman–Crippen LogP) is 10.9. The molecule has 0 aromatic heterocycles. The van der Waals surface area contributed by atoms with Crippen LogP contribution in [0.15, 0.2) is 97.1 Å². The predicted molar refractivity (Wildman–Crippen MR) is 152 cm³/mol. The summed E-state index contributed by atoms with van der Waals surface area (Å²) < 4.78 is 133. The molecular weight excluding hydrogens is 607 g/mol. The fraction of sp³-hybridized carbons (Fsp3) is 0.0857. The highest BCUT2D eigenvalue weighted by molar-refractivity contribution is 5.74. The number of benzene rings is 5. The summed E-state index contributed by atoms with van der Waals surface area (Å²) in [4.78, 5) is 0. The van der Waals surface area contributed by atoms with Crippen molar-refractivity contribution in [3.8, 4) is 39.1 Å². The summed E-state index contributed by atoms with van der Waals surface area (Å²) >= 11 is 0. The summed E-state index contributed by atoms with van der Waals surface area (Å²) in [6, 6.07) is 16.3. The fourth-order valence-corrected chi connectivity index (χ4v) is 4.73. The highest BCUT2D eigenvalue weighted by Crippen LogP contribution is 2.39. The van der Waals surface area contributed by atoms with Gasteiger partial charge in [-0.15, -0.1) is 0 Å². The maximum absolute atomic E-state index is 15.2. The molecule has 0 radical (unpaired) electrons. The molecule has 5 aromatic carbocycles. The van der Waals surface area contributed by atoms with E-state index in [0.29, 0.717) is 17.7 Å². The molecule has 0 fully saturated rings. The Morgan fingerprint density at radius 3 is 1.60 bits per heavy atom. The second-order valence-electron chi connectivity index (χ2n) is 9.99. The normalized spacial score (nSPS) is 11.8. The van der Waals surface area contributed by atoms with Gasteiger partial charge in [-0.05, 0) is 65.4 Å². The third-order valence-corrected chi connectivity index (χ3v) is 6.97. The SMILES string of the molecule is CC=CCc1ccc(-c2ccc(-c3ccc(-c4cc(F)c(C(F)(F)Oc5cc(F)c(F)c(F)c5)c(F)c4)c(F)c3)c(F)c2)cc1. The summed E-state index contributed by atoms with van der Waals surface area (Å²) in [7, 11) is 0. The lowest BCUT2D eigenvalue weighted by Gasteiger charge is -2.20. The van der Waals surface area contributed by atoms with Crippen LogP contribution in [0.3, 0.4) is 0 Å². The van der Waals surface area contributed by atoms with Gasteiger partial charge < -0.3 is 4.74 Å². The Morgan fingerprint density at radius 2 is 1.04 bits per heavy atom. The number of allylic oxidation sites excluding steroid dienone is 2. The van der Waals surface area contributed by atoms with Crippen LogP contribution in [0.2, 0.25) is 0 Å². The van der Waals surface area contributed by atoms with Gasteiger partial charge in [0.05, 0.1) is 0 Å². The molecule has 45 heavy (non-hydrogen) atoms. The fourth-order valence-electron chi connectivity index (χ4n) is 4.73. The van der Waals surface area contributed by atoms with E-state index in [9.17, 15) is 30.7 Å². The average Bonchev–Trinajstić information content (AvgIpc) is 2.98. The zero-order valence-electron chi connectivity index (χ0n) is 23.3. The van der Waals surface area contributed by atoms with Crippen molar-refractivity contribution < 1.29 is 44.3 Å². The van der Waals surface area contributed by atoms with Crippen molar-refractivity contribution in [1.82, 2.24) is 0 Å². The minimum Gasteiger partial charge on any atom is -0.429 e. The number of hydrogen-bond acceptors (Lipinski definition) is 1. The Kier molecular flexibility index (Phi) is 8.77. The van der Waals surface area contributed by atoms with Gasteiger partial charge in [-0.1, -0.05) is 60.7 Å². The zero-order chi connectivity index (χ0) is 32.5. The minimum atomic E-state index is -4.80. The first-order chi connectivity index (χ1) is 21.4. The third-order valence-electron chi connectivity index (χ3n) is 6.97. The summed E-state index contributed by atoms with van der Waals surface area (Å²) in [5, 5.41) is 0. The molecule has 0 bridgehead atoms. The minimum absolute atomic E-state index is 0.0482. The van der Waals surface area contributed by atoms with Crippen LogP contribution in [0.4, 0.5) is 39.5 Å². The van der Waals surface area contributed by atoms with Crippen molar-refractivity contribution >= 4 is 0 Å². The topological polar surface area (TPSA) is 9.23 Å². The van der Waals surface area contributed by atoms with Gasteiger partial charge in [-0.3, -0.25) is 0 Å². The monoisotopic (exact) mass is 628 g/mol. The van der Waals surface area contributed by atoms with E-state index in [4.69, 9.17) is 0 Å². The largest absolute Gasteiger partial charge is 0.432 e. The number of hydrogen-bond donors (Lipinski definition) is 0. The van der Waals surface area contributed by atoms with Crippen molar-refractivity contribution in [2.24, 2.45) is 0 Å². The molecule has 0 aliphatic heterocycles. The molecule has 0 aliphatic carbocycles. The van der Waals surface area contributed by atoms with Gasteiger partial charge in [0.2, 0.25) is 0 Å². The molecule has 230 valence electrons. The Hall–Kier alpha value is -4.99. The van der Waals surface area contributed by atoms with Crippen LogP contribution in [-0.2, 0) is 12.5 Å². The van der Waals surface area contributed by atoms with Crippen LogP contribution in [-0.4, -0.2) is 0 Å². The summed E-state index contributed by atoms with van der Waals surface area (Å²) in [5.41, 5.74) is -0.182. The van der Waals surface area contributed by atoms with Crippen LogP contribution in [0, 0.1) is 40.7 Å². The molecule has 5 rings (SSSR count). The van der Waals surface area contributed by atoms with E-state index in [1.807, 2.05) is 43.3 Å². The molecule has 0 atom stereocenters. The lowest BCUT2D eigenvalue weighted by atomic mass is 9.96. The van der Waals surface area contributed by atoms with E-state index in [-0.39, 0.29) is 28.8 Å². The molecule has 0 amide bonds. The molecular formula is C35H21F9O. The zero-order valence-corrected chi connectivity index (χ0v) is 23.3. The summed E-state index contributed by atoms with van der Waals surface area (Å²) in [6.45, 7) is 1.92. The quantitative estimate of drug-likeness (QED) is 0.0944. The van der Waals surface area contributed by atoms with Gasteiger partial charge >= 0.3 is 6.11 Å². The second-order valence-corrected chi connectivity index (χ2v) is 9.99. The molecule has 0 saturated heterocycles. The van der Waals surface area contributed by atoms with Crippen LogP contribution in [0.25, 0.3) is 33.4 Å². The molecule has 0 unspecified atom stereocenters. The first kappa shape index (κ1) is 31.4. The highest BCUT2D eigenvalue weighted by atomic mass is 19.3. The summed E-state index contributed by atoms with van der Waals surface area (Å²) in [5.74, 6) is -12.3. The molecule has 0 saturated carbocycles. The van der Waals surface area contributed by atoms with E-state index < -0.39 is 63.7 Å². The van der Waals surface area contributed by atoms with Gasteiger partial charge in [-0.2, -0.15) is 8.78 Å². The van der Waals surface area contributed by atoms with Gasteiger partial charge in [0, 0.05) is 23.3 Å². The van der Waals surface area contributed by atoms with Crippen molar-refractivity contribution in [3.63, 3.8) is 0 Å². The van der Waals surface area contributed by atoms with E-state index in [1.165, 1.54) is 18.2 Å². The number of rotatable bonds is 8. The third kappa shape index (κ3) is 6.60. The Morgan fingerprint density at radius 1 is 0.556 bits per heavy atom. The number of ether oxygens (including phenoxy) is 1. The number of alkyl halides is 2. The Labute approximate surface area is 251 Å². The molecule has 0 spiro atoms. The standard InChI is InChI=1S/C35H21F9O/c1-2-3-4-19-5-7-20(8-6-19)21-9-11-25(27(36)13-21)22-10-12-26(28(37)14-22)23-15-29(38)33(30(39)16-23)35(43,44)45-24-17-31(40)34(42)32(41)18-24/h2-3,5-18H,4H2,1H3. The number of halogens is 9. The maximum atomic E-state index is 15.2. The lowest BCUT2D eigenvalue weighted by molar-refractivity contribution is -0.189. The molecule has 0 heterocycles. The Bertz CT molecular complexity index is 1870. The van der Waals surface area contributed by atoms with Gasteiger partial charge in [0.15, 0.2) is 17.5 Å². The maximum Gasteiger partial charge on any atom is 0.432 e. The molecule has 10 heteroatoms. The van der Waals surface area contributed by atoms with Gasteiger partial charge in [-0.25, -0.2) is 30.7 Å². The van der Waals surface area contributed by atoms with E-state index >= 15 is 8.78 Å².